The van der Waals surface area contributed by atoms with Crippen LogP contribution in [0.2, 0.25) is 0 Å². The molecule has 2 atom stereocenters. The number of amides is 1. The first-order valence-corrected chi connectivity index (χ1v) is 7.17. The van der Waals surface area contributed by atoms with E-state index in [1.807, 2.05) is 6.07 Å². The van der Waals surface area contributed by atoms with Crippen molar-refractivity contribution in [3.63, 3.8) is 0 Å². The third kappa shape index (κ3) is 1.88. The second kappa shape index (κ2) is 5.07. The summed E-state index contributed by atoms with van der Waals surface area (Å²) in [5.41, 5.74) is -0.205. The van der Waals surface area contributed by atoms with Crippen LogP contribution in [0, 0.1) is 5.92 Å². The standard InChI is InChI=1S/C18H17NO3/c1-12(16(20)13-8-4-3-5-9-13)18(22)14-10-6-7-11-15(14)19(2)17(18)21/h3-12,22H,1-2H3. The molecule has 22 heavy (non-hydrogen) atoms. The fraction of sp³-hybridized carbons (Fsp3) is 0.222. The van der Waals surface area contributed by atoms with Crippen LogP contribution < -0.4 is 4.90 Å². The Morgan fingerprint density at radius 1 is 1.09 bits per heavy atom. The molecule has 0 radical (unpaired) electrons. The Balaban J connectivity index is 2.07. The van der Waals surface area contributed by atoms with Gasteiger partial charge in [0.1, 0.15) is 0 Å². The number of fused-ring (bicyclic) bond motifs is 1. The van der Waals surface area contributed by atoms with Gasteiger partial charge in [0, 0.05) is 18.2 Å². The zero-order valence-corrected chi connectivity index (χ0v) is 12.5. The minimum absolute atomic E-state index is 0.249. The molecule has 1 aliphatic heterocycles. The second-order valence-corrected chi connectivity index (χ2v) is 5.60. The molecule has 0 aliphatic carbocycles. The van der Waals surface area contributed by atoms with Crippen molar-refractivity contribution < 1.29 is 14.7 Å². The van der Waals surface area contributed by atoms with E-state index in [1.54, 1.807) is 62.5 Å². The highest BCUT2D eigenvalue weighted by Crippen LogP contribution is 2.44. The quantitative estimate of drug-likeness (QED) is 0.884. The Labute approximate surface area is 129 Å². The zero-order valence-electron chi connectivity index (χ0n) is 12.5. The minimum atomic E-state index is -1.82. The van der Waals surface area contributed by atoms with E-state index in [2.05, 4.69) is 0 Å². The van der Waals surface area contributed by atoms with E-state index in [0.29, 0.717) is 16.8 Å². The summed E-state index contributed by atoms with van der Waals surface area (Å²) >= 11 is 0. The number of rotatable bonds is 3. The topological polar surface area (TPSA) is 57.6 Å². The lowest BCUT2D eigenvalue weighted by Gasteiger charge is -2.28. The normalized spacial score (nSPS) is 21.6. The predicted molar refractivity (Wildman–Crippen MR) is 83.7 cm³/mol. The Kier molecular flexibility index (Phi) is 3.34. The number of para-hydroxylation sites is 1. The van der Waals surface area contributed by atoms with Gasteiger partial charge in [0.05, 0.1) is 11.6 Å². The average Bonchev–Trinajstić information content (AvgIpc) is 2.77. The molecule has 0 bridgehead atoms. The summed E-state index contributed by atoms with van der Waals surface area (Å²) in [5.74, 6) is -1.58. The molecule has 1 heterocycles. The number of Topliss-reactive ketones (excluding diaryl/α,β-unsaturated/α-hetero) is 1. The maximum Gasteiger partial charge on any atom is 0.264 e. The Hall–Kier alpha value is -2.46. The number of carbonyl (C=O) groups excluding carboxylic acids is 2. The van der Waals surface area contributed by atoms with Crippen LogP contribution in [0.5, 0.6) is 0 Å². The van der Waals surface area contributed by atoms with Gasteiger partial charge >= 0.3 is 0 Å². The summed E-state index contributed by atoms with van der Waals surface area (Å²) in [7, 11) is 1.61. The molecule has 0 fully saturated rings. The Morgan fingerprint density at radius 2 is 1.68 bits per heavy atom. The van der Waals surface area contributed by atoms with Crippen LogP contribution in [0.25, 0.3) is 0 Å². The monoisotopic (exact) mass is 295 g/mol. The molecule has 0 saturated heterocycles. The lowest BCUT2D eigenvalue weighted by molar-refractivity contribution is -0.139. The van der Waals surface area contributed by atoms with E-state index in [-0.39, 0.29) is 5.78 Å². The number of carbonyl (C=O) groups is 2. The van der Waals surface area contributed by atoms with Crippen LogP contribution in [0.1, 0.15) is 22.8 Å². The van der Waals surface area contributed by atoms with Crippen LogP contribution >= 0.6 is 0 Å². The van der Waals surface area contributed by atoms with Crippen LogP contribution in [0.4, 0.5) is 5.69 Å². The molecule has 1 amide bonds. The fourth-order valence-corrected chi connectivity index (χ4v) is 3.03. The first-order valence-electron chi connectivity index (χ1n) is 7.17. The molecule has 2 aromatic rings. The van der Waals surface area contributed by atoms with Crippen molar-refractivity contribution >= 4 is 17.4 Å². The van der Waals surface area contributed by atoms with Gasteiger partial charge in [-0.3, -0.25) is 9.59 Å². The van der Waals surface area contributed by atoms with Crippen molar-refractivity contribution in [1.82, 2.24) is 0 Å². The molecule has 1 aliphatic rings. The van der Waals surface area contributed by atoms with E-state index in [1.165, 1.54) is 4.90 Å². The van der Waals surface area contributed by atoms with Crippen molar-refractivity contribution in [2.75, 3.05) is 11.9 Å². The van der Waals surface area contributed by atoms with E-state index in [4.69, 9.17) is 0 Å². The summed E-state index contributed by atoms with van der Waals surface area (Å²) < 4.78 is 0. The molecular formula is C18H17NO3. The van der Waals surface area contributed by atoms with Gasteiger partial charge in [-0.05, 0) is 6.07 Å². The van der Waals surface area contributed by atoms with Crippen LogP contribution in [-0.4, -0.2) is 23.8 Å². The predicted octanol–water partition coefficient (Wildman–Crippen LogP) is 2.37. The summed E-state index contributed by atoms with van der Waals surface area (Å²) in [6.45, 7) is 1.60. The SMILES string of the molecule is CC(C(=O)c1ccccc1)C1(O)C(=O)N(C)c2ccccc21. The maximum absolute atomic E-state index is 12.7. The number of hydrogen-bond acceptors (Lipinski definition) is 3. The molecule has 2 unspecified atom stereocenters. The third-order valence-corrected chi connectivity index (χ3v) is 4.38. The lowest BCUT2D eigenvalue weighted by Crippen LogP contribution is -2.46. The highest BCUT2D eigenvalue weighted by Gasteiger charge is 2.54. The van der Waals surface area contributed by atoms with Crippen LogP contribution in [-0.2, 0) is 10.4 Å². The number of benzene rings is 2. The molecule has 112 valence electrons. The first kappa shape index (κ1) is 14.5. The van der Waals surface area contributed by atoms with Gasteiger partial charge < -0.3 is 10.0 Å². The largest absolute Gasteiger partial charge is 0.375 e. The Morgan fingerprint density at radius 3 is 2.36 bits per heavy atom. The smallest absolute Gasteiger partial charge is 0.264 e. The highest BCUT2D eigenvalue weighted by atomic mass is 16.3. The van der Waals surface area contributed by atoms with E-state index >= 15 is 0 Å². The van der Waals surface area contributed by atoms with Crippen LogP contribution in [0.15, 0.2) is 54.6 Å². The van der Waals surface area contributed by atoms with Crippen LogP contribution in [0.3, 0.4) is 0 Å². The third-order valence-electron chi connectivity index (χ3n) is 4.38. The van der Waals surface area contributed by atoms with Gasteiger partial charge in [0.15, 0.2) is 11.4 Å². The van der Waals surface area contributed by atoms with Gasteiger partial charge in [-0.15, -0.1) is 0 Å². The van der Waals surface area contributed by atoms with Crippen molar-refractivity contribution in [3.05, 3.63) is 65.7 Å². The molecule has 1 N–H and O–H groups in total. The van der Waals surface area contributed by atoms with Gasteiger partial charge in [-0.1, -0.05) is 55.5 Å². The maximum atomic E-state index is 12.7. The van der Waals surface area contributed by atoms with Crippen molar-refractivity contribution in [2.45, 2.75) is 12.5 Å². The highest BCUT2D eigenvalue weighted by molar-refractivity contribution is 6.11. The lowest BCUT2D eigenvalue weighted by atomic mass is 9.79. The van der Waals surface area contributed by atoms with E-state index in [0.717, 1.165) is 0 Å². The number of ketones is 1. The molecule has 2 aromatic carbocycles. The summed E-state index contributed by atoms with van der Waals surface area (Å²) in [6, 6.07) is 15.8. The van der Waals surface area contributed by atoms with Gasteiger partial charge in [0.25, 0.3) is 5.91 Å². The summed E-state index contributed by atoms with van der Waals surface area (Å²) in [6.07, 6.45) is 0. The van der Waals surface area contributed by atoms with E-state index in [9.17, 15) is 14.7 Å². The number of nitrogens with zero attached hydrogens (tertiary/aromatic N) is 1. The minimum Gasteiger partial charge on any atom is -0.375 e. The van der Waals surface area contributed by atoms with Crippen molar-refractivity contribution in [1.29, 1.82) is 0 Å². The van der Waals surface area contributed by atoms with Crippen molar-refractivity contribution in [2.24, 2.45) is 5.92 Å². The van der Waals surface area contributed by atoms with Gasteiger partial charge in [-0.2, -0.15) is 0 Å². The van der Waals surface area contributed by atoms with Gasteiger partial charge in [-0.25, -0.2) is 0 Å². The second-order valence-electron chi connectivity index (χ2n) is 5.60. The molecule has 0 spiro atoms. The number of aliphatic hydroxyl groups is 1. The number of hydrogen-bond donors (Lipinski definition) is 1. The first-order chi connectivity index (χ1) is 10.5. The van der Waals surface area contributed by atoms with Crippen molar-refractivity contribution in [3.8, 4) is 0 Å². The molecule has 4 nitrogen and oxygen atoms in total. The molecular weight excluding hydrogens is 278 g/mol. The number of anilines is 1. The summed E-state index contributed by atoms with van der Waals surface area (Å²) in [4.78, 5) is 26.7. The van der Waals surface area contributed by atoms with E-state index < -0.39 is 17.4 Å². The molecule has 4 heteroatoms. The molecule has 3 rings (SSSR count). The number of likely N-dealkylation sites (N-methyl/N-ethyl adjacent to an activating group) is 1. The molecule has 0 aromatic heterocycles. The molecule has 0 saturated carbocycles. The average molecular weight is 295 g/mol. The fourth-order valence-electron chi connectivity index (χ4n) is 3.03. The zero-order chi connectivity index (χ0) is 15.9. The summed E-state index contributed by atoms with van der Waals surface area (Å²) in [5, 5.41) is 11.1. The van der Waals surface area contributed by atoms with Gasteiger partial charge in [0.2, 0.25) is 0 Å². The Bertz CT molecular complexity index is 741.